The number of fused-ring (bicyclic) bond motifs is 1. The molecule has 0 fully saturated rings. The maximum atomic E-state index is 12.4. The summed E-state index contributed by atoms with van der Waals surface area (Å²) in [6.07, 6.45) is 0.778. The number of amides is 1. The van der Waals surface area contributed by atoms with Gasteiger partial charge >= 0.3 is 0 Å². The molecule has 1 amide bonds. The minimum absolute atomic E-state index is 0.140. The van der Waals surface area contributed by atoms with Crippen molar-refractivity contribution in [1.29, 1.82) is 0 Å². The van der Waals surface area contributed by atoms with Gasteiger partial charge in [-0.25, -0.2) is 0 Å². The lowest BCUT2D eigenvalue weighted by atomic mass is 10.1. The highest BCUT2D eigenvalue weighted by Crippen LogP contribution is 2.25. The average Bonchev–Trinajstić information content (AvgIpc) is 3.29. The summed E-state index contributed by atoms with van der Waals surface area (Å²) in [5.41, 5.74) is 7.04. The fraction of sp³-hybridized carbons (Fsp3) is 0.182. The summed E-state index contributed by atoms with van der Waals surface area (Å²) in [6, 6.07) is 17.9. The number of aromatic nitrogens is 3. The first kappa shape index (κ1) is 17.1. The molecule has 0 atom stereocenters. The van der Waals surface area contributed by atoms with Gasteiger partial charge in [0.25, 0.3) is 5.91 Å². The molecule has 4 rings (SSSR count). The van der Waals surface area contributed by atoms with Gasteiger partial charge in [0.05, 0.1) is 5.69 Å². The summed E-state index contributed by atoms with van der Waals surface area (Å²) in [7, 11) is 0. The first-order valence-electron chi connectivity index (χ1n) is 9.09. The molecule has 4 aromatic rings. The maximum Gasteiger partial charge on any atom is 0.269 e. The minimum Gasteiger partial charge on any atom is -0.358 e. The summed E-state index contributed by atoms with van der Waals surface area (Å²) in [6.45, 7) is 4.75. The lowest BCUT2D eigenvalue weighted by Gasteiger charge is -2.04. The summed E-state index contributed by atoms with van der Waals surface area (Å²) in [5, 5.41) is 11.3. The Morgan fingerprint density at radius 3 is 2.70 bits per heavy atom. The molecule has 0 unspecified atom stereocenters. The van der Waals surface area contributed by atoms with Crippen LogP contribution in [0.5, 0.6) is 0 Å². The third-order valence-electron chi connectivity index (χ3n) is 4.92. The van der Waals surface area contributed by atoms with E-state index in [9.17, 15) is 4.79 Å². The molecule has 0 bridgehead atoms. The number of para-hydroxylation sites is 1. The molecular formula is C22H22N4O. The number of carbonyl (C=O) groups excluding carboxylic acids is 1. The first-order chi connectivity index (χ1) is 13.1. The van der Waals surface area contributed by atoms with Crippen molar-refractivity contribution in [2.24, 2.45) is 0 Å². The number of H-pyrrole nitrogens is 2. The van der Waals surface area contributed by atoms with E-state index in [-0.39, 0.29) is 5.91 Å². The Balaban J connectivity index is 1.43. The Bertz CT molecular complexity index is 1090. The van der Waals surface area contributed by atoms with E-state index in [1.54, 1.807) is 6.07 Å². The molecule has 0 aliphatic carbocycles. The predicted octanol–water partition coefficient (Wildman–Crippen LogP) is 4.15. The van der Waals surface area contributed by atoms with Gasteiger partial charge in [0.15, 0.2) is 0 Å². The van der Waals surface area contributed by atoms with Crippen LogP contribution < -0.4 is 5.32 Å². The minimum atomic E-state index is -0.140. The van der Waals surface area contributed by atoms with E-state index < -0.39 is 0 Å². The van der Waals surface area contributed by atoms with Crippen molar-refractivity contribution in [3.8, 4) is 11.3 Å². The van der Waals surface area contributed by atoms with E-state index in [0.717, 1.165) is 23.4 Å². The Kier molecular flexibility index (Phi) is 4.50. The van der Waals surface area contributed by atoms with Crippen LogP contribution in [0.15, 0.2) is 54.6 Å². The van der Waals surface area contributed by atoms with Crippen LogP contribution in [-0.4, -0.2) is 27.6 Å². The molecule has 0 aliphatic heterocycles. The number of nitrogens with zero attached hydrogens (tertiary/aromatic N) is 1. The van der Waals surface area contributed by atoms with Gasteiger partial charge in [-0.3, -0.25) is 9.89 Å². The van der Waals surface area contributed by atoms with Crippen LogP contribution in [0.1, 0.15) is 27.3 Å². The standard InChI is InChI=1S/C22H22N4O/c1-14-7-6-10-18-17(15(2)24-21(14)18)11-12-23-22(27)20-13-19(25-26-20)16-8-4-3-5-9-16/h3-10,13,24H,11-12H2,1-2H3,(H,23,27)(H,25,26). The highest BCUT2D eigenvalue weighted by atomic mass is 16.1. The second-order valence-electron chi connectivity index (χ2n) is 6.76. The molecule has 2 heterocycles. The van der Waals surface area contributed by atoms with Gasteiger partial charge in [0, 0.05) is 28.7 Å². The molecule has 0 spiro atoms. The fourth-order valence-electron chi connectivity index (χ4n) is 3.46. The molecule has 0 radical (unpaired) electrons. The van der Waals surface area contributed by atoms with E-state index in [1.165, 1.54) is 22.0 Å². The van der Waals surface area contributed by atoms with Gasteiger partial charge in [-0.1, -0.05) is 48.5 Å². The molecule has 5 nitrogen and oxygen atoms in total. The van der Waals surface area contributed by atoms with Gasteiger partial charge < -0.3 is 10.3 Å². The molecule has 0 saturated carbocycles. The molecular weight excluding hydrogens is 336 g/mol. The molecule has 5 heteroatoms. The van der Waals surface area contributed by atoms with Crippen LogP contribution in [0.2, 0.25) is 0 Å². The van der Waals surface area contributed by atoms with Gasteiger partial charge in [0.2, 0.25) is 0 Å². The van der Waals surface area contributed by atoms with Crippen LogP contribution in [0.3, 0.4) is 0 Å². The van der Waals surface area contributed by atoms with Crippen molar-refractivity contribution in [3.63, 3.8) is 0 Å². The van der Waals surface area contributed by atoms with Crippen LogP contribution in [0.25, 0.3) is 22.2 Å². The summed E-state index contributed by atoms with van der Waals surface area (Å²) >= 11 is 0. The molecule has 136 valence electrons. The number of aryl methyl sites for hydroxylation is 2. The van der Waals surface area contributed by atoms with Crippen molar-refractivity contribution in [3.05, 3.63) is 77.1 Å². The van der Waals surface area contributed by atoms with Crippen molar-refractivity contribution in [2.75, 3.05) is 6.54 Å². The third kappa shape index (κ3) is 3.36. The van der Waals surface area contributed by atoms with E-state index in [2.05, 4.69) is 52.5 Å². The van der Waals surface area contributed by atoms with Gasteiger partial charge in [-0.15, -0.1) is 0 Å². The van der Waals surface area contributed by atoms with Gasteiger partial charge in [-0.2, -0.15) is 5.10 Å². The Morgan fingerprint density at radius 1 is 1.07 bits per heavy atom. The molecule has 0 aliphatic rings. The zero-order valence-electron chi connectivity index (χ0n) is 15.5. The van der Waals surface area contributed by atoms with Gasteiger partial charge in [0.1, 0.15) is 5.69 Å². The Morgan fingerprint density at radius 2 is 1.89 bits per heavy atom. The number of hydrogen-bond acceptors (Lipinski definition) is 2. The van der Waals surface area contributed by atoms with E-state index in [0.29, 0.717) is 12.2 Å². The largest absolute Gasteiger partial charge is 0.358 e. The highest BCUT2D eigenvalue weighted by molar-refractivity contribution is 5.93. The monoisotopic (exact) mass is 358 g/mol. The number of nitrogens with one attached hydrogen (secondary N) is 3. The number of hydrogen-bond donors (Lipinski definition) is 3. The number of aromatic amines is 2. The second-order valence-corrected chi connectivity index (χ2v) is 6.76. The van der Waals surface area contributed by atoms with Crippen LogP contribution in [0, 0.1) is 13.8 Å². The summed E-state index contributed by atoms with van der Waals surface area (Å²) in [5.74, 6) is -0.140. The van der Waals surface area contributed by atoms with E-state index in [1.807, 2.05) is 30.3 Å². The summed E-state index contributed by atoms with van der Waals surface area (Å²) < 4.78 is 0. The molecule has 0 saturated heterocycles. The lowest BCUT2D eigenvalue weighted by Crippen LogP contribution is -2.26. The van der Waals surface area contributed by atoms with E-state index in [4.69, 9.17) is 0 Å². The smallest absolute Gasteiger partial charge is 0.269 e. The SMILES string of the molecule is Cc1[nH]c2c(C)cccc2c1CCNC(=O)c1cc(-c2ccccc2)n[nH]1. The highest BCUT2D eigenvalue weighted by Gasteiger charge is 2.13. The maximum absolute atomic E-state index is 12.4. The zero-order valence-corrected chi connectivity index (χ0v) is 15.5. The zero-order chi connectivity index (χ0) is 18.8. The first-order valence-corrected chi connectivity index (χ1v) is 9.09. The van der Waals surface area contributed by atoms with Crippen molar-refractivity contribution in [2.45, 2.75) is 20.3 Å². The quantitative estimate of drug-likeness (QED) is 0.501. The third-order valence-corrected chi connectivity index (χ3v) is 4.92. The molecule has 27 heavy (non-hydrogen) atoms. The van der Waals surface area contributed by atoms with Crippen LogP contribution in [0.4, 0.5) is 0 Å². The van der Waals surface area contributed by atoms with Crippen molar-refractivity contribution >= 4 is 16.8 Å². The fourth-order valence-corrected chi connectivity index (χ4v) is 3.46. The molecule has 2 aromatic heterocycles. The van der Waals surface area contributed by atoms with Crippen molar-refractivity contribution in [1.82, 2.24) is 20.5 Å². The Hall–Kier alpha value is -3.34. The molecule has 2 aromatic carbocycles. The molecule has 3 N–H and O–H groups in total. The van der Waals surface area contributed by atoms with E-state index >= 15 is 0 Å². The van der Waals surface area contributed by atoms with Crippen molar-refractivity contribution < 1.29 is 4.79 Å². The number of carbonyl (C=O) groups is 1. The summed E-state index contributed by atoms with van der Waals surface area (Å²) in [4.78, 5) is 15.9. The lowest BCUT2D eigenvalue weighted by molar-refractivity contribution is 0.0949. The average molecular weight is 358 g/mol. The number of benzene rings is 2. The topological polar surface area (TPSA) is 73.6 Å². The number of rotatable bonds is 5. The normalized spacial score (nSPS) is 11.0. The van der Waals surface area contributed by atoms with Crippen LogP contribution >= 0.6 is 0 Å². The van der Waals surface area contributed by atoms with Crippen LogP contribution in [-0.2, 0) is 6.42 Å². The predicted molar refractivity (Wildman–Crippen MR) is 108 cm³/mol. The van der Waals surface area contributed by atoms with Gasteiger partial charge in [-0.05, 0) is 37.5 Å². The second kappa shape index (κ2) is 7.11. The Labute approximate surface area is 157 Å².